The second-order valence-corrected chi connectivity index (χ2v) is 3.42. The summed E-state index contributed by atoms with van der Waals surface area (Å²) in [6.45, 7) is 3.13. The minimum Gasteiger partial charge on any atom is -0.335 e. The Morgan fingerprint density at radius 3 is 3.00 bits per heavy atom. The standard InChI is InChI=1S/C9H15N3/c1-2-12-6-5-11-9(12)7-3-4-8(7)10/h5-8H,2-4,10H2,1H3. The smallest absolute Gasteiger partial charge is 0.113 e. The van der Waals surface area contributed by atoms with E-state index < -0.39 is 0 Å². The van der Waals surface area contributed by atoms with Gasteiger partial charge in [0.15, 0.2) is 0 Å². The minimum absolute atomic E-state index is 0.345. The summed E-state index contributed by atoms with van der Waals surface area (Å²) < 4.78 is 2.18. The van der Waals surface area contributed by atoms with Gasteiger partial charge in [0, 0.05) is 30.9 Å². The molecule has 0 bridgehead atoms. The van der Waals surface area contributed by atoms with Crippen LogP contribution < -0.4 is 5.73 Å². The molecule has 66 valence electrons. The van der Waals surface area contributed by atoms with Gasteiger partial charge >= 0.3 is 0 Å². The maximum absolute atomic E-state index is 5.88. The predicted molar refractivity (Wildman–Crippen MR) is 47.9 cm³/mol. The maximum atomic E-state index is 5.88. The monoisotopic (exact) mass is 165 g/mol. The highest BCUT2D eigenvalue weighted by Gasteiger charge is 2.31. The summed E-state index contributed by atoms with van der Waals surface area (Å²) in [4.78, 5) is 4.34. The topological polar surface area (TPSA) is 43.8 Å². The lowest BCUT2D eigenvalue weighted by molar-refractivity contribution is 0.324. The van der Waals surface area contributed by atoms with Crippen molar-refractivity contribution in [1.82, 2.24) is 9.55 Å². The fraction of sp³-hybridized carbons (Fsp3) is 0.667. The van der Waals surface area contributed by atoms with E-state index >= 15 is 0 Å². The van der Waals surface area contributed by atoms with Crippen LogP contribution in [-0.4, -0.2) is 15.6 Å². The van der Waals surface area contributed by atoms with Gasteiger partial charge in [0.2, 0.25) is 0 Å². The molecule has 12 heavy (non-hydrogen) atoms. The Labute approximate surface area is 72.6 Å². The molecule has 0 aliphatic heterocycles. The van der Waals surface area contributed by atoms with Crippen LogP contribution in [-0.2, 0) is 6.54 Å². The molecule has 1 aliphatic carbocycles. The molecule has 0 saturated heterocycles. The Morgan fingerprint density at radius 2 is 2.50 bits per heavy atom. The SMILES string of the molecule is CCn1ccnc1C1CCC1N. The normalized spacial score (nSPS) is 28.5. The average Bonchev–Trinajstić information content (AvgIpc) is 2.50. The van der Waals surface area contributed by atoms with Gasteiger partial charge in [-0.3, -0.25) is 0 Å². The first-order valence-corrected chi connectivity index (χ1v) is 4.59. The highest BCUT2D eigenvalue weighted by molar-refractivity contribution is 5.09. The van der Waals surface area contributed by atoms with E-state index in [0.29, 0.717) is 12.0 Å². The van der Waals surface area contributed by atoms with Crippen LogP contribution in [0.25, 0.3) is 0 Å². The van der Waals surface area contributed by atoms with Crippen molar-refractivity contribution in [2.75, 3.05) is 0 Å². The van der Waals surface area contributed by atoms with Crippen LogP contribution in [0, 0.1) is 0 Å². The molecular formula is C9H15N3. The first-order valence-electron chi connectivity index (χ1n) is 4.59. The lowest BCUT2D eigenvalue weighted by Gasteiger charge is -2.33. The van der Waals surface area contributed by atoms with Gasteiger partial charge in [-0.15, -0.1) is 0 Å². The lowest BCUT2D eigenvalue weighted by Crippen LogP contribution is -2.38. The second-order valence-electron chi connectivity index (χ2n) is 3.42. The molecule has 1 aromatic heterocycles. The van der Waals surface area contributed by atoms with E-state index in [0.717, 1.165) is 13.0 Å². The largest absolute Gasteiger partial charge is 0.335 e. The highest BCUT2D eigenvalue weighted by Crippen LogP contribution is 2.34. The minimum atomic E-state index is 0.345. The van der Waals surface area contributed by atoms with E-state index in [2.05, 4.69) is 16.5 Å². The average molecular weight is 165 g/mol. The van der Waals surface area contributed by atoms with Gasteiger partial charge in [-0.05, 0) is 19.8 Å². The number of nitrogens with zero attached hydrogens (tertiary/aromatic N) is 2. The molecule has 1 aliphatic rings. The van der Waals surface area contributed by atoms with Crippen molar-refractivity contribution in [3.05, 3.63) is 18.2 Å². The van der Waals surface area contributed by atoms with E-state index in [1.165, 1.54) is 12.2 Å². The van der Waals surface area contributed by atoms with Gasteiger partial charge in [0.25, 0.3) is 0 Å². The molecule has 0 aromatic carbocycles. The van der Waals surface area contributed by atoms with Crippen molar-refractivity contribution >= 4 is 0 Å². The van der Waals surface area contributed by atoms with Crippen molar-refractivity contribution in [2.24, 2.45) is 5.73 Å². The van der Waals surface area contributed by atoms with Gasteiger partial charge in [0.1, 0.15) is 5.82 Å². The first kappa shape index (κ1) is 7.80. The van der Waals surface area contributed by atoms with Crippen molar-refractivity contribution in [3.8, 4) is 0 Å². The summed E-state index contributed by atoms with van der Waals surface area (Å²) in [5, 5.41) is 0. The van der Waals surface area contributed by atoms with E-state index in [9.17, 15) is 0 Å². The quantitative estimate of drug-likeness (QED) is 0.713. The van der Waals surface area contributed by atoms with Crippen LogP contribution >= 0.6 is 0 Å². The van der Waals surface area contributed by atoms with Crippen molar-refractivity contribution in [3.63, 3.8) is 0 Å². The number of rotatable bonds is 2. The number of nitrogens with two attached hydrogens (primary N) is 1. The van der Waals surface area contributed by atoms with Crippen LogP contribution in [0.2, 0.25) is 0 Å². The van der Waals surface area contributed by atoms with Gasteiger partial charge < -0.3 is 10.3 Å². The van der Waals surface area contributed by atoms with E-state index in [1.807, 2.05) is 12.4 Å². The summed E-state index contributed by atoms with van der Waals surface area (Å²) in [6.07, 6.45) is 6.25. The van der Waals surface area contributed by atoms with Crippen molar-refractivity contribution in [2.45, 2.75) is 38.3 Å². The molecule has 2 unspecified atom stereocenters. The molecule has 0 amide bonds. The summed E-state index contributed by atoms with van der Waals surface area (Å²) >= 11 is 0. The Kier molecular flexibility index (Phi) is 1.89. The molecular weight excluding hydrogens is 150 g/mol. The predicted octanol–water partition coefficient (Wildman–Crippen LogP) is 1.11. The number of imidazole rings is 1. The Hall–Kier alpha value is -0.830. The molecule has 1 fully saturated rings. The van der Waals surface area contributed by atoms with Crippen LogP contribution in [0.4, 0.5) is 0 Å². The zero-order valence-electron chi connectivity index (χ0n) is 7.40. The molecule has 2 rings (SSSR count). The summed E-state index contributed by atoms with van der Waals surface area (Å²) in [5.41, 5.74) is 5.88. The lowest BCUT2D eigenvalue weighted by atomic mass is 9.79. The van der Waals surface area contributed by atoms with Crippen LogP contribution in [0.5, 0.6) is 0 Å². The fourth-order valence-electron chi connectivity index (χ4n) is 1.76. The van der Waals surface area contributed by atoms with Gasteiger partial charge in [-0.1, -0.05) is 0 Å². The number of aryl methyl sites for hydroxylation is 1. The Bertz CT molecular complexity index is 266. The Morgan fingerprint density at radius 1 is 1.67 bits per heavy atom. The molecule has 2 N–H and O–H groups in total. The summed E-state index contributed by atoms with van der Waals surface area (Å²) in [5.74, 6) is 1.69. The van der Waals surface area contributed by atoms with E-state index in [1.54, 1.807) is 0 Å². The molecule has 1 aromatic rings. The van der Waals surface area contributed by atoms with Gasteiger partial charge in [-0.25, -0.2) is 4.98 Å². The van der Waals surface area contributed by atoms with Gasteiger partial charge in [-0.2, -0.15) is 0 Å². The third-order valence-corrected chi connectivity index (χ3v) is 2.75. The third kappa shape index (κ3) is 1.05. The number of hydrogen-bond donors (Lipinski definition) is 1. The van der Waals surface area contributed by atoms with Crippen LogP contribution in [0.1, 0.15) is 31.5 Å². The highest BCUT2D eigenvalue weighted by atomic mass is 15.1. The summed E-state index contributed by atoms with van der Waals surface area (Å²) in [6, 6.07) is 0.345. The molecule has 0 radical (unpaired) electrons. The molecule has 2 atom stereocenters. The van der Waals surface area contributed by atoms with Crippen molar-refractivity contribution < 1.29 is 0 Å². The zero-order valence-corrected chi connectivity index (χ0v) is 7.40. The molecule has 1 heterocycles. The Balaban J connectivity index is 2.21. The van der Waals surface area contributed by atoms with E-state index in [-0.39, 0.29) is 0 Å². The number of hydrogen-bond acceptors (Lipinski definition) is 2. The molecule has 3 heteroatoms. The molecule has 0 spiro atoms. The maximum Gasteiger partial charge on any atom is 0.113 e. The number of aromatic nitrogens is 2. The molecule has 1 saturated carbocycles. The van der Waals surface area contributed by atoms with Crippen LogP contribution in [0.15, 0.2) is 12.4 Å². The molecule has 3 nitrogen and oxygen atoms in total. The van der Waals surface area contributed by atoms with Crippen molar-refractivity contribution in [1.29, 1.82) is 0 Å². The van der Waals surface area contributed by atoms with Gasteiger partial charge in [0.05, 0.1) is 0 Å². The van der Waals surface area contributed by atoms with Crippen LogP contribution in [0.3, 0.4) is 0 Å². The van der Waals surface area contributed by atoms with E-state index in [4.69, 9.17) is 5.73 Å². The first-order chi connectivity index (χ1) is 5.83. The third-order valence-electron chi connectivity index (χ3n) is 2.75. The second kappa shape index (κ2) is 2.90. The summed E-state index contributed by atoms with van der Waals surface area (Å²) in [7, 11) is 0. The fourth-order valence-corrected chi connectivity index (χ4v) is 1.76. The zero-order chi connectivity index (χ0) is 8.55.